The van der Waals surface area contributed by atoms with E-state index in [9.17, 15) is 0 Å². The van der Waals surface area contributed by atoms with E-state index in [-0.39, 0.29) is 5.54 Å². The highest BCUT2D eigenvalue weighted by molar-refractivity contribution is 7.09. The topological polar surface area (TPSA) is 41.3 Å². The van der Waals surface area contributed by atoms with Crippen LogP contribution < -0.4 is 11.3 Å². The summed E-state index contributed by atoms with van der Waals surface area (Å²) >= 11 is 1.85. The minimum atomic E-state index is 0.240. The van der Waals surface area contributed by atoms with Gasteiger partial charge in [-0.25, -0.2) is 0 Å². The first-order valence-electron chi connectivity index (χ1n) is 7.35. The van der Waals surface area contributed by atoms with Gasteiger partial charge in [0.25, 0.3) is 0 Å². The summed E-state index contributed by atoms with van der Waals surface area (Å²) in [6.07, 6.45) is 8.80. The molecule has 1 aromatic rings. The number of thiophene rings is 1. The quantitative estimate of drug-likeness (QED) is 0.622. The average Bonchev–Trinajstić information content (AvgIpc) is 2.93. The normalized spacial score (nSPS) is 20.6. The van der Waals surface area contributed by atoms with Crippen LogP contribution in [0.25, 0.3) is 0 Å². The molecule has 1 unspecified atom stereocenters. The molecule has 0 aromatic carbocycles. The van der Waals surface area contributed by atoms with Gasteiger partial charge in [0.2, 0.25) is 0 Å². The third-order valence-electron chi connectivity index (χ3n) is 4.72. The number of hydrogen-bond donors (Lipinski definition) is 2. The molecule has 19 heavy (non-hydrogen) atoms. The van der Waals surface area contributed by atoms with Crippen molar-refractivity contribution in [3.8, 4) is 0 Å². The highest BCUT2D eigenvalue weighted by Gasteiger charge is 2.40. The molecule has 0 amide bonds. The Hall–Kier alpha value is -0.420. The molecular formula is C15H27N3S. The van der Waals surface area contributed by atoms with Crippen LogP contribution in [0.3, 0.4) is 0 Å². The van der Waals surface area contributed by atoms with Gasteiger partial charge in [-0.1, -0.05) is 25.3 Å². The van der Waals surface area contributed by atoms with E-state index in [1.54, 1.807) is 0 Å². The molecule has 1 aromatic heterocycles. The SMILES string of the molecule is CN(C)C1(C(CCc2cccs2)NN)CCCCC1. The molecule has 0 bridgehead atoms. The molecule has 108 valence electrons. The molecule has 0 radical (unpaired) electrons. The third kappa shape index (κ3) is 3.37. The lowest BCUT2D eigenvalue weighted by molar-refractivity contribution is 0.0536. The van der Waals surface area contributed by atoms with Crippen molar-refractivity contribution in [2.75, 3.05) is 14.1 Å². The maximum atomic E-state index is 5.89. The number of hydrazine groups is 1. The second kappa shape index (κ2) is 6.84. The molecule has 1 aliphatic carbocycles. The Labute approximate surface area is 121 Å². The van der Waals surface area contributed by atoms with Crippen molar-refractivity contribution in [1.82, 2.24) is 10.3 Å². The van der Waals surface area contributed by atoms with Crippen LogP contribution in [0.15, 0.2) is 17.5 Å². The summed E-state index contributed by atoms with van der Waals surface area (Å²) in [4.78, 5) is 3.87. The lowest BCUT2D eigenvalue weighted by Gasteiger charge is -2.48. The minimum Gasteiger partial charge on any atom is -0.302 e. The van der Waals surface area contributed by atoms with E-state index in [1.807, 2.05) is 11.3 Å². The van der Waals surface area contributed by atoms with E-state index in [0.29, 0.717) is 6.04 Å². The first-order chi connectivity index (χ1) is 9.19. The number of nitrogens with two attached hydrogens (primary N) is 1. The fourth-order valence-electron chi connectivity index (χ4n) is 3.52. The third-order valence-corrected chi connectivity index (χ3v) is 5.66. The zero-order chi connectivity index (χ0) is 13.7. The van der Waals surface area contributed by atoms with E-state index in [0.717, 1.165) is 12.8 Å². The second-order valence-corrected chi connectivity index (χ2v) is 6.93. The van der Waals surface area contributed by atoms with Crippen LogP contribution in [0.2, 0.25) is 0 Å². The van der Waals surface area contributed by atoms with Crippen molar-refractivity contribution in [3.05, 3.63) is 22.4 Å². The molecule has 0 saturated heterocycles. The van der Waals surface area contributed by atoms with Gasteiger partial charge in [-0.15, -0.1) is 11.3 Å². The monoisotopic (exact) mass is 281 g/mol. The summed E-state index contributed by atoms with van der Waals surface area (Å²) in [6, 6.07) is 4.74. The van der Waals surface area contributed by atoms with Crippen LogP contribution in [0, 0.1) is 0 Å². The molecule has 1 heterocycles. The van der Waals surface area contributed by atoms with Crippen molar-refractivity contribution in [2.45, 2.75) is 56.5 Å². The van der Waals surface area contributed by atoms with Crippen LogP contribution in [0.5, 0.6) is 0 Å². The molecule has 3 nitrogen and oxygen atoms in total. The molecule has 1 fully saturated rings. The van der Waals surface area contributed by atoms with E-state index in [2.05, 4.69) is 41.9 Å². The zero-order valence-electron chi connectivity index (χ0n) is 12.2. The molecular weight excluding hydrogens is 254 g/mol. The van der Waals surface area contributed by atoms with Gasteiger partial charge < -0.3 is 4.90 Å². The van der Waals surface area contributed by atoms with Crippen LogP contribution in [0.1, 0.15) is 43.4 Å². The zero-order valence-corrected chi connectivity index (χ0v) is 13.0. The van der Waals surface area contributed by atoms with Gasteiger partial charge in [0.1, 0.15) is 0 Å². The van der Waals surface area contributed by atoms with Gasteiger partial charge in [-0.3, -0.25) is 11.3 Å². The number of hydrogen-bond acceptors (Lipinski definition) is 4. The maximum Gasteiger partial charge on any atom is 0.0398 e. The van der Waals surface area contributed by atoms with Crippen molar-refractivity contribution in [2.24, 2.45) is 5.84 Å². The van der Waals surface area contributed by atoms with Crippen molar-refractivity contribution in [3.63, 3.8) is 0 Å². The summed E-state index contributed by atoms with van der Waals surface area (Å²) < 4.78 is 0. The second-order valence-electron chi connectivity index (χ2n) is 5.90. The van der Waals surface area contributed by atoms with Gasteiger partial charge in [-0.05, 0) is 51.2 Å². The Morgan fingerprint density at radius 1 is 1.37 bits per heavy atom. The highest BCUT2D eigenvalue weighted by atomic mass is 32.1. The maximum absolute atomic E-state index is 5.89. The number of nitrogens with one attached hydrogen (secondary N) is 1. The molecule has 3 N–H and O–H groups in total. The number of likely N-dealkylation sites (N-methyl/N-ethyl adjacent to an activating group) is 1. The van der Waals surface area contributed by atoms with E-state index in [1.165, 1.54) is 37.0 Å². The summed E-state index contributed by atoms with van der Waals surface area (Å²) in [5.74, 6) is 5.89. The van der Waals surface area contributed by atoms with Crippen LogP contribution >= 0.6 is 11.3 Å². The van der Waals surface area contributed by atoms with Gasteiger partial charge in [0.15, 0.2) is 0 Å². The number of rotatable bonds is 6. The Balaban J connectivity index is 2.04. The smallest absolute Gasteiger partial charge is 0.0398 e. The van der Waals surface area contributed by atoms with Crippen molar-refractivity contribution < 1.29 is 0 Å². The van der Waals surface area contributed by atoms with Gasteiger partial charge in [0.05, 0.1) is 0 Å². The fourth-order valence-corrected chi connectivity index (χ4v) is 4.24. The van der Waals surface area contributed by atoms with E-state index < -0.39 is 0 Å². The highest BCUT2D eigenvalue weighted by Crippen LogP contribution is 2.36. The first kappa shape index (κ1) is 15.0. The Kier molecular flexibility index (Phi) is 5.39. The molecule has 4 heteroatoms. The molecule has 0 aliphatic heterocycles. The van der Waals surface area contributed by atoms with Crippen LogP contribution in [-0.2, 0) is 6.42 Å². The van der Waals surface area contributed by atoms with Gasteiger partial charge >= 0.3 is 0 Å². The summed E-state index contributed by atoms with van der Waals surface area (Å²) in [6.45, 7) is 0. The first-order valence-corrected chi connectivity index (χ1v) is 8.23. The Morgan fingerprint density at radius 2 is 2.11 bits per heavy atom. The van der Waals surface area contributed by atoms with E-state index in [4.69, 9.17) is 5.84 Å². The van der Waals surface area contributed by atoms with Crippen molar-refractivity contribution >= 4 is 11.3 Å². The Morgan fingerprint density at radius 3 is 2.63 bits per heavy atom. The van der Waals surface area contributed by atoms with Crippen molar-refractivity contribution in [1.29, 1.82) is 0 Å². The molecule has 0 spiro atoms. The minimum absolute atomic E-state index is 0.240. The fraction of sp³-hybridized carbons (Fsp3) is 0.733. The lowest BCUT2D eigenvalue weighted by atomic mass is 9.74. The summed E-state index contributed by atoms with van der Waals surface area (Å²) in [7, 11) is 4.42. The Bertz CT molecular complexity index is 355. The number of nitrogens with zero attached hydrogens (tertiary/aromatic N) is 1. The van der Waals surface area contributed by atoms with Gasteiger partial charge in [-0.2, -0.15) is 0 Å². The lowest BCUT2D eigenvalue weighted by Crippen LogP contribution is -2.61. The molecule has 1 atom stereocenters. The predicted molar refractivity (Wildman–Crippen MR) is 83.3 cm³/mol. The summed E-state index contributed by atoms with van der Waals surface area (Å²) in [5, 5.41) is 2.16. The van der Waals surface area contributed by atoms with Crippen LogP contribution in [0.4, 0.5) is 0 Å². The standard InChI is InChI=1S/C15H27N3S/c1-18(2)15(10-4-3-5-11-15)14(17-16)9-8-13-7-6-12-19-13/h6-7,12,14,17H,3-5,8-11,16H2,1-2H3. The molecule has 2 rings (SSSR count). The van der Waals surface area contributed by atoms with Crippen LogP contribution in [-0.4, -0.2) is 30.6 Å². The summed E-state index contributed by atoms with van der Waals surface area (Å²) in [5.41, 5.74) is 3.36. The number of aryl methyl sites for hydroxylation is 1. The van der Waals surface area contributed by atoms with Gasteiger partial charge in [0, 0.05) is 16.5 Å². The van der Waals surface area contributed by atoms with E-state index >= 15 is 0 Å². The average molecular weight is 281 g/mol. The largest absolute Gasteiger partial charge is 0.302 e. The molecule has 1 aliphatic rings. The predicted octanol–water partition coefficient (Wildman–Crippen LogP) is 2.78. The molecule has 1 saturated carbocycles.